The van der Waals surface area contributed by atoms with Crippen molar-refractivity contribution in [2.45, 2.75) is 38.6 Å². The minimum atomic E-state index is 0.547. The molecule has 2 atom stereocenters. The van der Waals surface area contributed by atoms with E-state index < -0.39 is 0 Å². The van der Waals surface area contributed by atoms with Gasteiger partial charge in [-0.1, -0.05) is 13.3 Å². The van der Waals surface area contributed by atoms with E-state index in [1.807, 2.05) is 0 Å². The molecule has 0 aromatic carbocycles. The predicted molar refractivity (Wildman–Crippen MR) is 65.3 cm³/mol. The third kappa shape index (κ3) is 2.49. The van der Waals surface area contributed by atoms with Crippen LogP contribution in [-0.2, 0) is 6.42 Å². The van der Waals surface area contributed by atoms with Gasteiger partial charge in [-0.05, 0) is 31.7 Å². The van der Waals surface area contributed by atoms with Crippen molar-refractivity contribution in [3.8, 4) is 0 Å². The molecule has 84 valence electrons. The molecule has 1 aliphatic carbocycles. The molecule has 2 unspecified atom stereocenters. The summed E-state index contributed by atoms with van der Waals surface area (Å²) in [6.45, 7) is 2.93. The van der Waals surface area contributed by atoms with E-state index in [2.05, 4.69) is 22.6 Å². The number of aromatic nitrogens is 1. The molecule has 0 radical (unpaired) electrons. The Labute approximate surface area is 95.1 Å². The smallest absolute Gasteiger partial charge is 0.183 e. The molecule has 1 aromatic rings. The van der Waals surface area contributed by atoms with Gasteiger partial charge in [0, 0.05) is 11.4 Å². The van der Waals surface area contributed by atoms with Crippen molar-refractivity contribution >= 4 is 16.5 Å². The molecule has 0 spiro atoms. The maximum atomic E-state index is 5.75. The minimum Gasteiger partial charge on any atom is -0.358 e. The summed E-state index contributed by atoms with van der Waals surface area (Å²) in [5, 5.41) is 6.72. The molecule has 4 heteroatoms. The van der Waals surface area contributed by atoms with E-state index in [-0.39, 0.29) is 0 Å². The molecule has 0 aliphatic heterocycles. The fourth-order valence-electron chi connectivity index (χ4n) is 2.20. The first-order chi connectivity index (χ1) is 7.33. The van der Waals surface area contributed by atoms with Crippen molar-refractivity contribution in [1.82, 2.24) is 4.98 Å². The van der Waals surface area contributed by atoms with Crippen LogP contribution in [0, 0.1) is 5.92 Å². The van der Waals surface area contributed by atoms with Crippen LogP contribution >= 0.6 is 11.3 Å². The van der Waals surface area contributed by atoms with E-state index in [0.29, 0.717) is 12.0 Å². The van der Waals surface area contributed by atoms with Gasteiger partial charge < -0.3 is 11.1 Å². The van der Waals surface area contributed by atoms with Gasteiger partial charge in [0.2, 0.25) is 0 Å². The molecule has 0 saturated heterocycles. The molecule has 2 rings (SSSR count). The normalized spacial score (nSPS) is 25.7. The Kier molecular flexibility index (Phi) is 3.59. The van der Waals surface area contributed by atoms with Crippen molar-refractivity contribution in [2.75, 3.05) is 11.9 Å². The van der Waals surface area contributed by atoms with Gasteiger partial charge in [0.15, 0.2) is 5.13 Å². The van der Waals surface area contributed by atoms with E-state index in [9.17, 15) is 0 Å². The van der Waals surface area contributed by atoms with E-state index in [4.69, 9.17) is 5.73 Å². The Bertz CT molecular complexity index is 311. The molecule has 0 bridgehead atoms. The van der Waals surface area contributed by atoms with Crippen LogP contribution in [0.5, 0.6) is 0 Å². The molecule has 15 heavy (non-hydrogen) atoms. The SMILES string of the molecule is CCc1csc(NC2CCCC2CN)n1. The van der Waals surface area contributed by atoms with Crippen LogP contribution in [0.25, 0.3) is 0 Å². The summed E-state index contributed by atoms with van der Waals surface area (Å²) in [5.41, 5.74) is 6.94. The monoisotopic (exact) mass is 225 g/mol. The Morgan fingerprint density at radius 1 is 1.60 bits per heavy atom. The van der Waals surface area contributed by atoms with Gasteiger partial charge in [0.1, 0.15) is 0 Å². The zero-order valence-electron chi connectivity index (χ0n) is 9.20. The van der Waals surface area contributed by atoms with Crippen molar-refractivity contribution in [3.63, 3.8) is 0 Å². The van der Waals surface area contributed by atoms with E-state index in [1.165, 1.54) is 25.0 Å². The van der Waals surface area contributed by atoms with Gasteiger partial charge in [-0.25, -0.2) is 4.98 Å². The average Bonchev–Trinajstić information content (AvgIpc) is 2.87. The third-order valence-corrected chi connectivity index (χ3v) is 4.01. The third-order valence-electron chi connectivity index (χ3n) is 3.18. The molecular formula is C11H19N3S. The standard InChI is InChI=1S/C11H19N3S/c1-2-9-7-15-11(13-9)14-10-5-3-4-8(10)6-12/h7-8,10H,2-6,12H2,1H3,(H,13,14). The van der Waals surface area contributed by atoms with E-state index in [0.717, 1.165) is 18.1 Å². The first-order valence-corrected chi connectivity index (χ1v) is 6.62. The van der Waals surface area contributed by atoms with Gasteiger partial charge in [-0.3, -0.25) is 0 Å². The average molecular weight is 225 g/mol. The van der Waals surface area contributed by atoms with Crippen LogP contribution in [0.3, 0.4) is 0 Å². The summed E-state index contributed by atoms with van der Waals surface area (Å²) < 4.78 is 0. The fourth-order valence-corrected chi connectivity index (χ4v) is 3.06. The summed E-state index contributed by atoms with van der Waals surface area (Å²) in [5.74, 6) is 0.638. The summed E-state index contributed by atoms with van der Waals surface area (Å²) in [6, 6.07) is 0.547. The summed E-state index contributed by atoms with van der Waals surface area (Å²) in [4.78, 5) is 4.53. The molecule has 1 fully saturated rings. The first-order valence-electron chi connectivity index (χ1n) is 5.74. The van der Waals surface area contributed by atoms with Crippen LogP contribution in [0.4, 0.5) is 5.13 Å². The predicted octanol–water partition coefficient (Wildman–Crippen LogP) is 2.24. The summed E-state index contributed by atoms with van der Waals surface area (Å²) in [7, 11) is 0. The van der Waals surface area contributed by atoms with Gasteiger partial charge in [0.25, 0.3) is 0 Å². The van der Waals surface area contributed by atoms with Crippen LogP contribution in [-0.4, -0.2) is 17.6 Å². The molecule has 3 nitrogen and oxygen atoms in total. The molecular weight excluding hydrogens is 206 g/mol. The van der Waals surface area contributed by atoms with E-state index in [1.54, 1.807) is 11.3 Å². The molecule has 1 aliphatic rings. The number of anilines is 1. The molecule has 1 heterocycles. The largest absolute Gasteiger partial charge is 0.358 e. The second kappa shape index (κ2) is 4.94. The number of hydrogen-bond acceptors (Lipinski definition) is 4. The van der Waals surface area contributed by atoms with Crippen molar-refractivity contribution in [1.29, 1.82) is 0 Å². The highest BCUT2D eigenvalue weighted by molar-refractivity contribution is 7.13. The second-order valence-corrected chi connectivity index (χ2v) is 5.03. The van der Waals surface area contributed by atoms with Crippen molar-refractivity contribution in [2.24, 2.45) is 11.7 Å². The highest BCUT2D eigenvalue weighted by atomic mass is 32.1. The van der Waals surface area contributed by atoms with Crippen LogP contribution in [0.1, 0.15) is 31.9 Å². The Morgan fingerprint density at radius 3 is 3.13 bits per heavy atom. The number of aryl methyl sites for hydroxylation is 1. The van der Waals surface area contributed by atoms with E-state index >= 15 is 0 Å². The Morgan fingerprint density at radius 2 is 2.47 bits per heavy atom. The number of nitrogens with zero attached hydrogens (tertiary/aromatic N) is 1. The Hall–Kier alpha value is -0.610. The topological polar surface area (TPSA) is 50.9 Å². The van der Waals surface area contributed by atoms with Gasteiger partial charge in [0.05, 0.1) is 5.69 Å². The maximum Gasteiger partial charge on any atom is 0.183 e. The lowest BCUT2D eigenvalue weighted by Crippen LogP contribution is -2.29. The lowest BCUT2D eigenvalue weighted by atomic mass is 10.0. The highest BCUT2D eigenvalue weighted by Gasteiger charge is 2.26. The zero-order valence-corrected chi connectivity index (χ0v) is 10.0. The number of nitrogens with one attached hydrogen (secondary N) is 1. The first kappa shape index (κ1) is 10.9. The number of rotatable bonds is 4. The van der Waals surface area contributed by atoms with Crippen molar-refractivity contribution < 1.29 is 0 Å². The molecule has 3 N–H and O–H groups in total. The van der Waals surface area contributed by atoms with Crippen LogP contribution in [0.15, 0.2) is 5.38 Å². The van der Waals surface area contributed by atoms with Crippen LogP contribution < -0.4 is 11.1 Å². The lowest BCUT2D eigenvalue weighted by Gasteiger charge is -2.18. The molecule has 0 amide bonds. The highest BCUT2D eigenvalue weighted by Crippen LogP contribution is 2.28. The number of hydrogen-bond donors (Lipinski definition) is 2. The van der Waals surface area contributed by atoms with Gasteiger partial charge in [-0.2, -0.15) is 0 Å². The van der Waals surface area contributed by atoms with Gasteiger partial charge in [-0.15, -0.1) is 11.3 Å². The summed E-state index contributed by atoms with van der Waals surface area (Å²) in [6.07, 6.45) is 4.82. The lowest BCUT2D eigenvalue weighted by molar-refractivity contribution is 0.516. The van der Waals surface area contributed by atoms with Gasteiger partial charge >= 0.3 is 0 Å². The second-order valence-electron chi connectivity index (χ2n) is 4.18. The summed E-state index contributed by atoms with van der Waals surface area (Å²) >= 11 is 1.71. The van der Waals surface area contributed by atoms with Crippen molar-refractivity contribution in [3.05, 3.63) is 11.1 Å². The molecule has 1 saturated carbocycles. The quantitative estimate of drug-likeness (QED) is 0.826. The zero-order chi connectivity index (χ0) is 10.7. The fraction of sp³-hybridized carbons (Fsp3) is 0.727. The minimum absolute atomic E-state index is 0.547. The number of nitrogens with two attached hydrogens (primary N) is 1. The van der Waals surface area contributed by atoms with Crippen LogP contribution in [0.2, 0.25) is 0 Å². The molecule has 1 aromatic heterocycles. The Balaban J connectivity index is 1.95. The number of thiazole rings is 1. The maximum absolute atomic E-state index is 5.75.